The van der Waals surface area contributed by atoms with Crippen LogP contribution in [0.3, 0.4) is 0 Å². The van der Waals surface area contributed by atoms with Crippen LogP contribution in [0.2, 0.25) is 0 Å². The summed E-state index contributed by atoms with van der Waals surface area (Å²) >= 11 is 0. The maximum atomic E-state index is 12.6. The molecule has 3 rings (SSSR count). The third kappa shape index (κ3) is 4.56. The van der Waals surface area contributed by atoms with Crippen molar-refractivity contribution >= 4 is 23.7 Å². The van der Waals surface area contributed by atoms with Gasteiger partial charge in [0.2, 0.25) is 5.91 Å². The lowest BCUT2D eigenvalue weighted by molar-refractivity contribution is -0.133. The first kappa shape index (κ1) is 20.4. The molecule has 3 N–H and O–H groups in total. The lowest BCUT2D eigenvalue weighted by Crippen LogP contribution is -2.34. The van der Waals surface area contributed by atoms with Crippen molar-refractivity contribution in [1.29, 1.82) is 0 Å². The number of phenolic OH excluding ortho intramolecular Hbond substituents is 1. The van der Waals surface area contributed by atoms with Gasteiger partial charge in [-0.25, -0.2) is 5.43 Å². The van der Waals surface area contributed by atoms with Crippen LogP contribution in [0.1, 0.15) is 30.9 Å². The first-order valence-corrected chi connectivity index (χ1v) is 9.78. The summed E-state index contributed by atoms with van der Waals surface area (Å²) in [5, 5.41) is 16.9. The average molecular weight is 394 g/mol. The van der Waals surface area contributed by atoms with Crippen molar-refractivity contribution in [2.45, 2.75) is 19.8 Å². The van der Waals surface area contributed by atoms with E-state index in [-0.39, 0.29) is 17.6 Å². The van der Waals surface area contributed by atoms with Gasteiger partial charge in [0.25, 0.3) is 5.91 Å². The quantitative estimate of drug-likeness (QED) is 0.381. The van der Waals surface area contributed by atoms with E-state index in [2.05, 4.69) is 20.7 Å². The Morgan fingerprint density at radius 3 is 2.62 bits per heavy atom. The highest BCUT2D eigenvalue weighted by Crippen LogP contribution is 2.29. The lowest BCUT2D eigenvalue weighted by Gasteiger charge is -2.21. The standard InChI is InChI=1S/C22H26N4O3/c1-3-26(4-2)17-11-10-16(19(27)12-17)13-24-25-22(29)20-18(14-23-21(20)28)15-8-6-5-7-9-15/h5-13,18,20,27H,3-4,14H2,1-2H3,(H,23,28)(H,25,29)/b24-13+/t18-,20-/m1/s1. The molecule has 0 bridgehead atoms. The Bertz CT molecular complexity index is 894. The molecule has 7 heteroatoms. The molecule has 1 aliphatic rings. The predicted octanol–water partition coefficient (Wildman–Crippen LogP) is 2.22. The minimum Gasteiger partial charge on any atom is -0.507 e. The van der Waals surface area contributed by atoms with E-state index in [1.807, 2.05) is 50.2 Å². The van der Waals surface area contributed by atoms with Gasteiger partial charge < -0.3 is 15.3 Å². The molecule has 2 aromatic carbocycles. The largest absolute Gasteiger partial charge is 0.507 e. The fourth-order valence-corrected chi connectivity index (χ4v) is 3.60. The zero-order chi connectivity index (χ0) is 20.8. The Morgan fingerprint density at radius 2 is 1.97 bits per heavy atom. The van der Waals surface area contributed by atoms with Gasteiger partial charge in [-0.15, -0.1) is 0 Å². The summed E-state index contributed by atoms with van der Waals surface area (Å²) < 4.78 is 0. The van der Waals surface area contributed by atoms with E-state index in [1.165, 1.54) is 6.21 Å². The van der Waals surface area contributed by atoms with E-state index >= 15 is 0 Å². The maximum Gasteiger partial charge on any atom is 0.253 e. The van der Waals surface area contributed by atoms with Crippen LogP contribution in [0.25, 0.3) is 0 Å². The number of carbonyl (C=O) groups is 2. The van der Waals surface area contributed by atoms with E-state index in [9.17, 15) is 14.7 Å². The molecule has 1 heterocycles. The van der Waals surface area contributed by atoms with E-state index in [1.54, 1.807) is 12.1 Å². The number of hydrogen-bond donors (Lipinski definition) is 3. The van der Waals surface area contributed by atoms with E-state index in [4.69, 9.17) is 0 Å². The highest BCUT2D eigenvalue weighted by molar-refractivity contribution is 6.03. The molecule has 7 nitrogen and oxygen atoms in total. The highest BCUT2D eigenvalue weighted by Gasteiger charge is 2.40. The number of amides is 2. The molecular weight excluding hydrogens is 368 g/mol. The van der Waals surface area contributed by atoms with Crippen molar-refractivity contribution < 1.29 is 14.7 Å². The fourth-order valence-electron chi connectivity index (χ4n) is 3.60. The minimum absolute atomic E-state index is 0.0770. The van der Waals surface area contributed by atoms with Crippen LogP contribution in [0.15, 0.2) is 53.6 Å². The Balaban J connectivity index is 1.68. The van der Waals surface area contributed by atoms with Gasteiger partial charge in [-0.3, -0.25) is 9.59 Å². The molecule has 0 saturated carbocycles. The number of benzene rings is 2. The fraction of sp³-hybridized carbons (Fsp3) is 0.318. The molecule has 1 saturated heterocycles. The Labute approximate surface area is 170 Å². The van der Waals surface area contributed by atoms with Crippen molar-refractivity contribution in [1.82, 2.24) is 10.7 Å². The summed E-state index contributed by atoms with van der Waals surface area (Å²) in [6, 6.07) is 14.8. The predicted molar refractivity (Wildman–Crippen MR) is 113 cm³/mol. The van der Waals surface area contributed by atoms with Crippen LogP contribution in [-0.2, 0) is 9.59 Å². The Hall–Kier alpha value is -3.35. The number of nitrogens with zero attached hydrogens (tertiary/aromatic N) is 2. The van der Waals surface area contributed by atoms with Gasteiger partial charge in [-0.1, -0.05) is 30.3 Å². The summed E-state index contributed by atoms with van der Waals surface area (Å²) in [5.74, 6) is -1.77. The molecule has 0 radical (unpaired) electrons. The zero-order valence-electron chi connectivity index (χ0n) is 16.6. The molecule has 152 valence electrons. The zero-order valence-corrected chi connectivity index (χ0v) is 16.6. The van der Waals surface area contributed by atoms with Gasteiger partial charge in [0.15, 0.2) is 0 Å². The smallest absolute Gasteiger partial charge is 0.253 e. The number of aromatic hydroxyl groups is 1. The van der Waals surface area contributed by atoms with E-state index in [0.717, 1.165) is 24.3 Å². The number of carbonyl (C=O) groups excluding carboxylic acids is 2. The highest BCUT2D eigenvalue weighted by atomic mass is 16.3. The van der Waals surface area contributed by atoms with Crippen molar-refractivity contribution in [3.8, 4) is 5.75 Å². The second-order valence-corrected chi connectivity index (χ2v) is 6.89. The van der Waals surface area contributed by atoms with Gasteiger partial charge in [0, 0.05) is 42.9 Å². The summed E-state index contributed by atoms with van der Waals surface area (Å²) in [6.07, 6.45) is 1.38. The van der Waals surface area contributed by atoms with Crippen molar-refractivity contribution in [3.05, 3.63) is 59.7 Å². The van der Waals surface area contributed by atoms with Crippen LogP contribution in [-0.4, -0.2) is 42.8 Å². The van der Waals surface area contributed by atoms with Crippen LogP contribution in [0.4, 0.5) is 5.69 Å². The second kappa shape index (κ2) is 9.23. The van der Waals surface area contributed by atoms with Crippen LogP contribution in [0.5, 0.6) is 5.75 Å². The molecule has 0 unspecified atom stereocenters. The Kier molecular flexibility index (Phi) is 6.49. The van der Waals surface area contributed by atoms with Gasteiger partial charge in [-0.2, -0.15) is 5.10 Å². The third-order valence-corrected chi connectivity index (χ3v) is 5.21. The monoisotopic (exact) mass is 394 g/mol. The first-order chi connectivity index (χ1) is 14.0. The minimum atomic E-state index is -0.840. The average Bonchev–Trinajstić information content (AvgIpc) is 3.12. The molecule has 2 aromatic rings. The number of hydrogen-bond acceptors (Lipinski definition) is 5. The normalized spacial score (nSPS) is 18.6. The van der Waals surface area contributed by atoms with Crippen LogP contribution in [0, 0.1) is 5.92 Å². The van der Waals surface area contributed by atoms with Gasteiger partial charge in [0.05, 0.1) is 6.21 Å². The van der Waals surface area contributed by atoms with Crippen LogP contribution >= 0.6 is 0 Å². The number of hydrazone groups is 1. The van der Waals surface area contributed by atoms with Gasteiger partial charge >= 0.3 is 0 Å². The van der Waals surface area contributed by atoms with Crippen molar-refractivity contribution in [2.24, 2.45) is 11.0 Å². The first-order valence-electron chi connectivity index (χ1n) is 9.78. The second-order valence-electron chi connectivity index (χ2n) is 6.89. The molecule has 29 heavy (non-hydrogen) atoms. The summed E-state index contributed by atoms with van der Waals surface area (Å²) in [6.45, 7) is 6.19. The number of nitrogens with one attached hydrogen (secondary N) is 2. The molecule has 1 fully saturated rings. The molecule has 0 aliphatic carbocycles. The van der Waals surface area contributed by atoms with Gasteiger partial charge in [-0.05, 0) is 31.5 Å². The van der Waals surface area contributed by atoms with E-state index < -0.39 is 11.8 Å². The topological polar surface area (TPSA) is 94.0 Å². The molecule has 1 aliphatic heterocycles. The SMILES string of the molecule is CCN(CC)c1ccc(/C=N/NC(=O)[C@H]2C(=O)NC[C@@H]2c2ccccc2)c(O)c1. The number of phenols is 1. The van der Waals surface area contributed by atoms with Gasteiger partial charge in [0.1, 0.15) is 11.7 Å². The molecule has 0 spiro atoms. The Morgan fingerprint density at radius 1 is 1.24 bits per heavy atom. The lowest BCUT2D eigenvalue weighted by atomic mass is 9.88. The number of anilines is 1. The molecule has 2 amide bonds. The molecule has 2 atom stereocenters. The maximum absolute atomic E-state index is 12.6. The molecule has 0 aromatic heterocycles. The van der Waals surface area contributed by atoms with Crippen molar-refractivity contribution in [3.63, 3.8) is 0 Å². The van der Waals surface area contributed by atoms with Crippen LogP contribution < -0.4 is 15.6 Å². The molecular formula is C22H26N4O3. The summed E-state index contributed by atoms with van der Waals surface area (Å²) in [4.78, 5) is 26.9. The number of rotatable bonds is 7. The summed E-state index contributed by atoms with van der Waals surface area (Å²) in [5.41, 5.74) is 4.77. The van der Waals surface area contributed by atoms with E-state index in [0.29, 0.717) is 12.1 Å². The third-order valence-electron chi connectivity index (χ3n) is 5.21. The summed E-state index contributed by atoms with van der Waals surface area (Å²) in [7, 11) is 0. The van der Waals surface area contributed by atoms with Crippen molar-refractivity contribution in [2.75, 3.05) is 24.5 Å².